The number of rotatable bonds is 6. The molecule has 0 aliphatic carbocycles. The molecule has 0 unspecified atom stereocenters. The Kier molecular flexibility index (Phi) is 6.98. The Morgan fingerprint density at radius 3 is 2.12 bits per heavy atom. The fraction of sp³-hybridized carbons (Fsp3) is 0.154. The third-order valence-electron chi connectivity index (χ3n) is 5.64. The van der Waals surface area contributed by atoms with E-state index in [1.54, 1.807) is 6.08 Å². The van der Waals surface area contributed by atoms with Gasteiger partial charge in [-0.2, -0.15) is 0 Å². The number of amides is 2. The van der Waals surface area contributed by atoms with Crippen molar-refractivity contribution in [3.8, 4) is 0 Å². The summed E-state index contributed by atoms with van der Waals surface area (Å²) >= 11 is 0. The number of piperazine rings is 1. The van der Waals surface area contributed by atoms with E-state index in [1.165, 1.54) is 24.3 Å². The first kappa shape index (κ1) is 22.7. The number of nitrogens with one attached hydrogen (secondary N) is 1. The lowest BCUT2D eigenvalue weighted by atomic mass is 10.2. The van der Waals surface area contributed by atoms with Gasteiger partial charge in [-0.05, 0) is 48.0 Å². The van der Waals surface area contributed by atoms with Gasteiger partial charge < -0.3 is 15.1 Å². The van der Waals surface area contributed by atoms with Crippen molar-refractivity contribution in [2.24, 2.45) is 0 Å². The molecule has 0 bridgehead atoms. The lowest BCUT2D eigenvalue weighted by Gasteiger charge is -2.35. The Bertz CT molecular complexity index is 1180. The van der Waals surface area contributed by atoms with Crippen LogP contribution in [0.3, 0.4) is 0 Å². The number of nitrogens with zero attached hydrogens (tertiary/aromatic N) is 3. The van der Waals surface area contributed by atoms with Gasteiger partial charge in [0.15, 0.2) is 0 Å². The number of carbonyl (C=O) groups excluding carboxylic acids is 2. The normalized spacial score (nSPS) is 13.6. The number of hydrogen-bond acceptors (Lipinski definition) is 5. The van der Waals surface area contributed by atoms with Crippen molar-refractivity contribution in [1.29, 1.82) is 0 Å². The smallest absolute Gasteiger partial charge is 0.269 e. The quantitative estimate of drug-likeness (QED) is 0.341. The largest absolute Gasteiger partial charge is 0.368 e. The lowest BCUT2D eigenvalue weighted by molar-refractivity contribution is -0.384. The second-order valence-corrected chi connectivity index (χ2v) is 7.86. The molecule has 34 heavy (non-hydrogen) atoms. The molecular formula is C26H24N4O4. The van der Waals surface area contributed by atoms with Crippen LogP contribution >= 0.6 is 0 Å². The summed E-state index contributed by atoms with van der Waals surface area (Å²) in [5.41, 5.74) is 2.93. The highest BCUT2D eigenvalue weighted by atomic mass is 16.6. The van der Waals surface area contributed by atoms with E-state index in [9.17, 15) is 19.7 Å². The number of nitro benzene ring substituents is 1. The van der Waals surface area contributed by atoms with E-state index in [-0.39, 0.29) is 17.5 Å². The van der Waals surface area contributed by atoms with Gasteiger partial charge in [-0.3, -0.25) is 19.7 Å². The van der Waals surface area contributed by atoms with Gasteiger partial charge in [-0.1, -0.05) is 30.3 Å². The molecule has 8 heteroatoms. The molecule has 4 rings (SSSR count). The van der Waals surface area contributed by atoms with Gasteiger partial charge in [0.2, 0.25) is 5.91 Å². The van der Waals surface area contributed by atoms with Crippen molar-refractivity contribution >= 4 is 35.0 Å². The van der Waals surface area contributed by atoms with E-state index in [2.05, 4.69) is 10.2 Å². The number of anilines is 2. The molecule has 0 saturated carbocycles. The molecule has 3 aromatic rings. The monoisotopic (exact) mass is 456 g/mol. The summed E-state index contributed by atoms with van der Waals surface area (Å²) < 4.78 is 0. The van der Waals surface area contributed by atoms with Gasteiger partial charge >= 0.3 is 0 Å². The molecule has 1 N–H and O–H groups in total. The lowest BCUT2D eigenvalue weighted by Crippen LogP contribution is -2.48. The molecule has 1 aliphatic heterocycles. The van der Waals surface area contributed by atoms with Gasteiger partial charge in [0.25, 0.3) is 11.6 Å². The van der Waals surface area contributed by atoms with Gasteiger partial charge in [0, 0.05) is 61.3 Å². The zero-order chi connectivity index (χ0) is 23.9. The standard InChI is InChI=1S/C26H24N4O4/c31-25(15-6-20-4-2-1-3-5-20)29-18-16-28(17-19-29)23-13-9-22(10-14-23)27-26(32)21-7-11-24(12-8-21)30(33)34/h1-15H,16-19H2,(H,27,32). The summed E-state index contributed by atoms with van der Waals surface area (Å²) in [6.45, 7) is 2.71. The Labute approximate surface area is 197 Å². The van der Waals surface area contributed by atoms with Crippen molar-refractivity contribution in [2.45, 2.75) is 0 Å². The molecule has 0 atom stereocenters. The molecule has 172 valence electrons. The molecule has 1 aliphatic rings. The Morgan fingerprint density at radius 1 is 0.853 bits per heavy atom. The van der Waals surface area contributed by atoms with Crippen LogP contribution in [0.5, 0.6) is 0 Å². The first-order valence-electron chi connectivity index (χ1n) is 10.9. The summed E-state index contributed by atoms with van der Waals surface area (Å²) in [5, 5.41) is 13.5. The van der Waals surface area contributed by atoms with Gasteiger partial charge in [0.05, 0.1) is 4.92 Å². The van der Waals surface area contributed by atoms with Crippen LogP contribution in [-0.2, 0) is 4.79 Å². The summed E-state index contributed by atoms with van der Waals surface area (Å²) in [4.78, 5) is 39.2. The molecule has 0 radical (unpaired) electrons. The number of carbonyl (C=O) groups is 2. The topological polar surface area (TPSA) is 95.8 Å². The summed E-state index contributed by atoms with van der Waals surface area (Å²) in [6.07, 6.45) is 3.45. The van der Waals surface area contributed by atoms with Crippen molar-refractivity contribution in [3.05, 3.63) is 106 Å². The molecule has 3 aromatic carbocycles. The van der Waals surface area contributed by atoms with Crippen LogP contribution in [0.2, 0.25) is 0 Å². The molecule has 1 fully saturated rings. The second-order valence-electron chi connectivity index (χ2n) is 7.86. The van der Waals surface area contributed by atoms with Crippen LogP contribution in [0.25, 0.3) is 6.08 Å². The number of benzene rings is 3. The molecule has 1 heterocycles. The summed E-state index contributed by atoms with van der Waals surface area (Å²) in [7, 11) is 0. The van der Waals surface area contributed by atoms with Crippen LogP contribution in [0.1, 0.15) is 15.9 Å². The fourth-order valence-electron chi connectivity index (χ4n) is 3.72. The molecule has 2 amide bonds. The highest BCUT2D eigenvalue weighted by Gasteiger charge is 2.20. The molecule has 1 saturated heterocycles. The van der Waals surface area contributed by atoms with Crippen LogP contribution in [0.15, 0.2) is 84.9 Å². The second kappa shape index (κ2) is 10.4. The predicted octanol–water partition coefficient (Wildman–Crippen LogP) is 4.21. The number of nitro groups is 1. The maximum Gasteiger partial charge on any atom is 0.269 e. The van der Waals surface area contributed by atoms with Crippen LogP contribution in [-0.4, -0.2) is 47.8 Å². The third kappa shape index (κ3) is 5.66. The van der Waals surface area contributed by atoms with E-state index in [4.69, 9.17) is 0 Å². The number of non-ortho nitro benzene ring substituents is 1. The third-order valence-corrected chi connectivity index (χ3v) is 5.64. The minimum absolute atomic E-state index is 0.00723. The van der Waals surface area contributed by atoms with E-state index < -0.39 is 4.92 Å². The van der Waals surface area contributed by atoms with Crippen molar-refractivity contribution in [3.63, 3.8) is 0 Å². The predicted molar refractivity (Wildman–Crippen MR) is 132 cm³/mol. The van der Waals surface area contributed by atoms with Gasteiger partial charge in [-0.25, -0.2) is 0 Å². The maximum atomic E-state index is 12.5. The molecule has 0 spiro atoms. The fourth-order valence-corrected chi connectivity index (χ4v) is 3.72. The first-order valence-corrected chi connectivity index (χ1v) is 10.9. The Morgan fingerprint density at radius 2 is 1.50 bits per heavy atom. The van der Waals surface area contributed by atoms with E-state index in [1.807, 2.05) is 65.6 Å². The minimum atomic E-state index is -0.502. The summed E-state index contributed by atoms with van der Waals surface area (Å²) in [5.74, 6) is -0.328. The molecular weight excluding hydrogens is 432 g/mol. The van der Waals surface area contributed by atoms with Crippen LogP contribution in [0, 0.1) is 10.1 Å². The zero-order valence-electron chi connectivity index (χ0n) is 18.5. The molecule has 8 nitrogen and oxygen atoms in total. The number of hydrogen-bond donors (Lipinski definition) is 1. The van der Waals surface area contributed by atoms with Crippen LogP contribution in [0.4, 0.5) is 17.1 Å². The van der Waals surface area contributed by atoms with Crippen LogP contribution < -0.4 is 10.2 Å². The average Bonchev–Trinajstić information content (AvgIpc) is 2.88. The van der Waals surface area contributed by atoms with Gasteiger partial charge in [-0.15, -0.1) is 0 Å². The first-order chi connectivity index (χ1) is 16.5. The highest BCUT2D eigenvalue weighted by Crippen LogP contribution is 2.21. The maximum absolute atomic E-state index is 12.5. The van der Waals surface area contributed by atoms with E-state index >= 15 is 0 Å². The van der Waals surface area contributed by atoms with Gasteiger partial charge in [0.1, 0.15) is 0 Å². The van der Waals surface area contributed by atoms with Crippen molar-refractivity contribution in [2.75, 3.05) is 36.4 Å². The average molecular weight is 457 g/mol. The SMILES string of the molecule is O=C(Nc1ccc(N2CCN(C(=O)C=Cc3ccccc3)CC2)cc1)c1ccc([N+](=O)[O-])cc1. The van der Waals surface area contributed by atoms with Crippen molar-refractivity contribution < 1.29 is 14.5 Å². The molecule has 0 aromatic heterocycles. The minimum Gasteiger partial charge on any atom is -0.368 e. The highest BCUT2D eigenvalue weighted by molar-refractivity contribution is 6.04. The Balaban J connectivity index is 1.29. The summed E-state index contributed by atoms with van der Waals surface area (Å²) in [6, 6.07) is 22.7. The Hall–Kier alpha value is -4.46. The van der Waals surface area contributed by atoms with Crippen molar-refractivity contribution in [1.82, 2.24) is 4.90 Å². The zero-order valence-corrected chi connectivity index (χ0v) is 18.5. The van der Waals surface area contributed by atoms with E-state index in [0.717, 1.165) is 24.3 Å². The van der Waals surface area contributed by atoms with E-state index in [0.29, 0.717) is 24.3 Å².